The van der Waals surface area contributed by atoms with Crippen LogP contribution in [-0.2, 0) is 9.59 Å². The van der Waals surface area contributed by atoms with Gasteiger partial charge in [0.1, 0.15) is 5.82 Å². The molecular formula is C17H12FNO3. The SMILES string of the molecule is Cc1ccccc1N1C(=O)C(O)=C(c2ccc(F)cc2)C1=O. The fourth-order valence-electron chi connectivity index (χ4n) is 2.43. The lowest BCUT2D eigenvalue weighted by Gasteiger charge is -2.16. The van der Waals surface area contributed by atoms with E-state index in [0.29, 0.717) is 11.3 Å². The Labute approximate surface area is 126 Å². The number of hydrogen-bond donors (Lipinski definition) is 1. The van der Waals surface area contributed by atoms with Gasteiger partial charge in [0, 0.05) is 0 Å². The third-order valence-electron chi connectivity index (χ3n) is 3.55. The van der Waals surface area contributed by atoms with Crippen molar-refractivity contribution in [3.05, 3.63) is 71.2 Å². The van der Waals surface area contributed by atoms with Crippen molar-refractivity contribution in [1.29, 1.82) is 0 Å². The van der Waals surface area contributed by atoms with Crippen molar-refractivity contribution < 1.29 is 19.1 Å². The number of para-hydroxylation sites is 1. The molecule has 0 saturated carbocycles. The molecule has 1 aliphatic heterocycles. The number of nitrogens with zero attached hydrogens (tertiary/aromatic N) is 1. The summed E-state index contributed by atoms with van der Waals surface area (Å²) in [6, 6.07) is 11.9. The number of hydrogen-bond acceptors (Lipinski definition) is 3. The second-order valence-corrected chi connectivity index (χ2v) is 4.96. The van der Waals surface area contributed by atoms with Gasteiger partial charge in [-0.15, -0.1) is 0 Å². The molecule has 0 bridgehead atoms. The number of aliphatic hydroxyl groups excluding tert-OH is 1. The highest BCUT2D eigenvalue weighted by molar-refractivity contribution is 6.45. The second-order valence-electron chi connectivity index (χ2n) is 4.96. The predicted molar refractivity (Wildman–Crippen MR) is 79.6 cm³/mol. The minimum Gasteiger partial charge on any atom is -0.502 e. The summed E-state index contributed by atoms with van der Waals surface area (Å²) in [6.07, 6.45) is 0. The Hall–Kier alpha value is -2.95. The number of anilines is 1. The molecule has 0 unspecified atom stereocenters. The smallest absolute Gasteiger partial charge is 0.301 e. The highest BCUT2D eigenvalue weighted by atomic mass is 19.1. The summed E-state index contributed by atoms with van der Waals surface area (Å²) in [5.74, 6) is -2.49. The molecular weight excluding hydrogens is 285 g/mol. The number of aryl methyl sites for hydroxylation is 1. The van der Waals surface area contributed by atoms with E-state index in [4.69, 9.17) is 0 Å². The van der Waals surface area contributed by atoms with Crippen molar-refractivity contribution in [2.75, 3.05) is 4.90 Å². The molecule has 0 aliphatic carbocycles. The second kappa shape index (κ2) is 5.11. The van der Waals surface area contributed by atoms with Crippen LogP contribution in [0, 0.1) is 12.7 Å². The predicted octanol–water partition coefficient (Wildman–Crippen LogP) is 2.98. The average Bonchev–Trinajstić information content (AvgIpc) is 2.72. The van der Waals surface area contributed by atoms with Gasteiger partial charge in [0.2, 0.25) is 0 Å². The summed E-state index contributed by atoms with van der Waals surface area (Å²) in [4.78, 5) is 25.7. The van der Waals surface area contributed by atoms with E-state index >= 15 is 0 Å². The third-order valence-corrected chi connectivity index (χ3v) is 3.55. The standard InChI is InChI=1S/C17H12FNO3/c1-10-4-2-3-5-13(10)19-16(21)14(15(20)17(19)22)11-6-8-12(18)9-7-11/h2-9,20H,1H3. The van der Waals surface area contributed by atoms with Gasteiger partial charge in [-0.25, -0.2) is 9.29 Å². The Morgan fingerprint density at radius 3 is 2.23 bits per heavy atom. The highest BCUT2D eigenvalue weighted by Crippen LogP contribution is 2.33. The summed E-state index contributed by atoms with van der Waals surface area (Å²) in [7, 11) is 0. The molecule has 0 fully saturated rings. The first kappa shape index (κ1) is 14.0. The Balaban J connectivity index is 2.08. The van der Waals surface area contributed by atoms with Crippen LogP contribution in [0.5, 0.6) is 0 Å². The first-order chi connectivity index (χ1) is 10.5. The van der Waals surface area contributed by atoms with Gasteiger partial charge in [-0.3, -0.25) is 9.59 Å². The van der Waals surface area contributed by atoms with Crippen LogP contribution in [0.4, 0.5) is 10.1 Å². The molecule has 4 nitrogen and oxygen atoms in total. The van der Waals surface area contributed by atoms with Crippen molar-refractivity contribution >= 4 is 23.1 Å². The van der Waals surface area contributed by atoms with E-state index < -0.39 is 23.4 Å². The number of benzene rings is 2. The van der Waals surface area contributed by atoms with Crippen molar-refractivity contribution in [3.8, 4) is 0 Å². The van der Waals surface area contributed by atoms with Gasteiger partial charge in [-0.2, -0.15) is 0 Å². The summed E-state index contributed by atoms with van der Waals surface area (Å²) in [6.45, 7) is 1.77. The number of carbonyl (C=O) groups excluding carboxylic acids is 2. The Bertz CT molecular complexity index is 809. The summed E-state index contributed by atoms with van der Waals surface area (Å²) < 4.78 is 13.0. The topological polar surface area (TPSA) is 57.6 Å². The van der Waals surface area contributed by atoms with Crippen LogP contribution in [-0.4, -0.2) is 16.9 Å². The monoisotopic (exact) mass is 297 g/mol. The lowest BCUT2D eigenvalue weighted by molar-refractivity contribution is -0.121. The van der Waals surface area contributed by atoms with Crippen LogP contribution in [0.1, 0.15) is 11.1 Å². The van der Waals surface area contributed by atoms with Gasteiger partial charge in [0.15, 0.2) is 5.76 Å². The minimum atomic E-state index is -0.779. The lowest BCUT2D eigenvalue weighted by atomic mass is 10.1. The first-order valence-corrected chi connectivity index (χ1v) is 6.64. The largest absolute Gasteiger partial charge is 0.502 e. The molecule has 2 amide bonds. The van der Waals surface area contributed by atoms with E-state index in [0.717, 1.165) is 10.5 Å². The van der Waals surface area contributed by atoms with Crippen molar-refractivity contribution in [1.82, 2.24) is 0 Å². The zero-order valence-corrected chi connectivity index (χ0v) is 11.7. The van der Waals surface area contributed by atoms with Gasteiger partial charge in [-0.05, 0) is 36.2 Å². The van der Waals surface area contributed by atoms with E-state index in [1.807, 2.05) is 0 Å². The Morgan fingerprint density at radius 1 is 0.955 bits per heavy atom. The zero-order valence-electron chi connectivity index (χ0n) is 11.7. The van der Waals surface area contributed by atoms with Crippen molar-refractivity contribution in [2.45, 2.75) is 6.92 Å². The summed E-state index contributed by atoms with van der Waals surface area (Å²) in [5.41, 5.74) is 1.33. The summed E-state index contributed by atoms with van der Waals surface area (Å²) in [5, 5.41) is 10.0. The van der Waals surface area contributed by atoms with Gasteiger partial charge < -0.3 is 5.11 Å². The molecule has 3 rings (SSSR count). The molecule has 2 aromatic carbocycles. The molecule has 0 aromatic heterocycles. The van der Waals surface area contributed by atoms with Crippen LogP contribution >= 0.6 is 0 Å². The normalized spacial score (nSPS) is 14.9. The van der Waals surface area contributed by atoms with E-state index in [-0.39, 0.29) is 5.57 Å². The minimum absolute atomic E-state index is 0.117. The molecule has 22 heavy (non-hydrogen) atoms. The number of aliphatic hydroxyl groups is 1. The van der Waals surface area contributed by atoms with Crippen LogP contribution in [0.15, 0.2) is 54.3 Å². The molecule has 0 saturated heterocycles. The average molecular weight is 297 g/mol. The molecule has 1 N–H and O–H groups in total. The Kier molecular flexibility index (Phi) is 3.25. The highest BCUT2D eigenvalue weighted by Gasteiger charge is 2.40. The van der Waals surface area contributed by atoms with Crippen LogP contribution in [0.3, 0.4) is 0 Å². The van der Waals surface area contributed by atoms with Crippen LogP contribution in [0.25, 0.3) is 5.57 Å². The quantitative estimate of drug-likeness (QED) is 0.867. The molecule has 110 valence electrons. The van der Waals surface area contributed by atoms with Crippen molar-refractivity contribution in [3.63, 3.8) is 0 Å². The van der Waals surface area contributed by atoms with E-state index in [2.05, 4.69) is 0 Å². The Morgan fingerprint density at radius 2 is 1.59 bits per heavy atom. The maximum atomic E-state index is 13.0. The fraction of sp³-hybridized carbons (Fsp3) is 0.0588. The molecule has 5 heteroatoms. The number of imide groups is 1. The lowest BCUT2D eigenvalue weighted by Crippen LogP contribution is -2.32. The maximum Gasteiger partial charge on any atom is 0.301 e. The molecule has 2 aromatic rings. The van der Waals surface area contributed by atoms with Gasteiger partial charge >= 0.3 is 5.91 Å². The van der Waals surface area contributed by atoms with E-state index in [1.165, 1.54) is 24.3 Å². The first-order valence-electron chi connectivity index (χ1n) is 6.64. The molecule has 1 aliphatic rings. The number of amides is 2. The molecule has 0 atom stereocenters. The van der Waals surface area contributed by atoms with Crippen molar-refractivity contribution in [2.24, 2.45) is 0 Å². The molecule has 1 heterocycles. The van der Waals surface area contributed by atoms with Crippen LogP contribution < -0.4 is 4.90 Å². The summed E-state index contributed by atoms with van der Waals surface area (Å²) >= 11 is 0. The maximum absolute atomic E-state index is 13.0. The number of rotatable bonds is 2. The third kappa shape index (κ3) is 2.07. The zero-order chi connectivity index (χ0) is 15.9. The number of halogens is 1. The van der Waals surface area contributed by atoms with Gasteiger partial charge in [0.25, 0.3) is 5.91 Å². The molecule has 0 radical (unpaired) electrons. The fourth-order valence-corrected chi connectivity index (χ4v) is 2.43. The van der Waals surface area contributed by atoms with Gasteiger partial charge in [0.05, 0.1) is 11.3 Å². The van der Waals surface area contributed by atoms with E-state index in [9.17, 15) is 19.1 Å². The van der Waals surface area contributed by atoms with Gasteiger partial charge in [-0.1, -0.05) is 30.3 Å². The van der Waals surface area contributed by atoms with E-state index in [1.54, 1.807) is 31.2 Å². The number of carbonyl (C=O) groups is 2. The van der Waals surface area contributed by atoms with Crippen LogP contribution in [0.2, 0.25) is 0 Å². The molecule has 0 spiro atoms.